The van der Waals surface area contributed by atoms with E-state index in [2.05, 4.69) is 12.1 Å². The van der Waals surface area contributed by atoms with E-state index in [1.807, 2.05) is 18.2 Å². The van der Waals surface area contributed by atoms with Crippen molar-refractivity contribution in [2.24, 2.45) is 0 Å². The van der Waals surface area contributed by atoms with E-state index in [-0.39, 0.29) is 5.79 Å². The molecule has 1 aromatic carbocycles. The Morgan fingerprint density at radius 3 is 2.39 bits per heavy atom. The van der Waals surface area contributed by atoms with E-state index >= 15 is 0 Å². The molecule has 0 bridgehead atoms. The predicted molar refractivity (Wildman–Crippen MR) is 71.9 cm³/mol. The van der Waals surface area contributed by atoms with Crippen LogP contribution in [0, 0.1) is 0 Å². The van der Waals surface area contributed by atoms with E-state index in [9.17, 15) is 0 Å². The third kappa shape index (κ3) is 2.28. The largest absolute Gasteiger partial charge is 0.398 e. The van der Waals surface area contributed by atoms with Crippen molar-refractivity contribution in [3.05, 3.63) is 35.4 Å². The second-order valence-electron chi connectivity index (χ2n) is 5.04. The van der Waals surface area contributed by atoms with Gasteiger partial charge in [-0.2, -0.15) is 0 Å². The molecular formula is C15H19NO2. The summed E-state index contributed by atoms with van der Waals surface area (Å²) in [5.41, 5.74) is 9.37. The number of nitrogen functional groups attached to an aromatic ring is 1. The Bertz CT molecular complexity index is 449. The quantitative estimate of drug-likeness (QED) is 0.774. The molecule has 2 fully saturated rings. The number of nitrogens with two attached hydrogens (primary N) is 1. The molecule has 0 amide bonds. The van der Waals surface area contributed by atoms with E-state index in [0.29, 0.717) is 0 Å². The van der Waals surface area contributed by atoms with E-state index in [4.69, 9.17) is 15.2 Å². The molecule has 1 saturated heterocycles. The molecule has 3 nitrogen and oxygen atoms in total. The van der Waals surface area contributed by atoms with Gasteiger partial charge < -0.3 is 15.2 Å². The maximum absolute atomic E-state index is 5.96. The van der Waals surface area contributed by atoms with Gasteiger partial charge in [-0.05, 0) is 24.5 Å². The van der Waals surface area contributed by atoms with Gasteiger partial charge in [0, 0.05) is 18.5 Å². The average Bonchev–Trinajstić information content (AvgIpc) is 2.84. The lowest BCUT2D eigenvalue weighted by Gasteiger charge is -2.32. The number of ether oxygens (including phenoxy) is 2. The van der Waals surface area contributed by atoms with Crippen LogP contribution in [0.4, 0.5) is 5.69 Å². The predicted octanol–water partition coefficient (Wildman–Crippen LogP) is 2.97. The Balaban J connectivity index is 1.71. The number of rotatable bonds is 1. The number of hydrogen-bond acceptors (Lipinski definition) is 3. The van der Waals surface area contributed by atoms with Crippen LogP contribution in [0.3, 0.4) is 0 Å². The van der Waals surface area contributed by atoms with Crippen LogP contribution >= 0.6 is 0 Å². The van der Waals surface area contributed by atoms with Crippen molar-refractivity contribution in [3.8, 4) is 0 Å². The highest BCUT2D eigenvalue weighted by molar-refractivity contribution is 5.66. The summed E-state index contributed by atoms with van der Waals surface area (Å²) in [6.45, 7) is 1.48. The van der Waals surface area contributed by atoms with Crippen LogP contribution in [0.1, 0.15) is 31.2 Å². The molecule has 1 spiro atoms. The fraction of sp³-hybridized carbons (Fsp3) is 0.467. The Morgan fingerprint density at radius 2 is 1.72 bits per heavy atom. The topological polar surface area (TPSA) is 44.5 Å². The highest BCUT2D eigenvalue weighted by atomic mass is 16.7. The van der Waals surface area contributed by atoms with Crippen LogP contribution in [0.25, 0.3) is 6.08 Å². The molecule has 1 saturated carbocycles. The molecule has 2 aliphatic rings. The lowest BCUT2D eigenvalue weighted by molar-refractivity contribution is -0.171. The highest BCUT2D eigenvalue weighted by Crippen LogP contribution is 2.38. The summed E-state index contributed by atoms with van der Waals surface area (Å²) < 4.78 is 11.5. The van der Waals surface area contributed by atoms with E-state index in [1.54, 1.807) is 0 Å². The number of allylic oxidation sites excluding steroid dienone is 1. The third-order valence-corrected chi connectivity index (χ3v) is 3.82. The molecule has 18 heavy (non-hydrogen) atoms. The average molecular weight is 245 g/mol. The SMILES string of the molecule is Nc1ccccc1C=C1CCC2(CC1)OCCO2. The van der Waals surface area contributed by atoms with Crippen molar-refractivity contribution in [2.75, 3.05) is 18.9 Å². The van der Waals surface area contributed by atoms with Crippen LogP contribution in [-0.4, -0.2) is 19.0 Å². The van der Waals surface area contributed by atoms with Crippen molar-refractivity contribution >= 4 is 11.8 Å². The summed E-state index contributed by atoms with van der Waals surface area (Å²) in [4.78, 5) is 0. The van der Waals surface area contributed by atoms with Gasteiger partial charge in [0.05, 0.1) is 13.2 Å². The Kier molecular flexibility index (Phi) is 3.10. The van der Waals surface area contributed by atoms with Gasteiger partial charge in [0.2, 0.25) is 0 Å². The molecule has 96 valence electrons. The van der Waals surface area contributed by atoms with Crippen LogP contribution in [0.2, 0.25) is 0 Å². The Hall–Kier alpha value is -1.32. The molecule has 2 N–H and O–H groups in total. The van der Waals surface area contributed by atoms with Crippen LogP contribution in [-0.2, 0) is 9.47 Å². The zero-order valence-electron chi connectivity index (χ0n) is 10.5. The second kappa shape index (κ2) is 4.75. The van der Waals surface area contributed by atoms with E-state index in [1.165, 1.54) is 5.57 Å². The summed E-state index contributed by atoms with van der Waals surface area (Å²) in [7, 11) is 0. The smallest absolute Gasteiger partial charge is 0.169 e. The molecular weight excluding hydrogens is 226 g/mol. The van der Waals surface area contributed by atoms with Crippen LogP contribution in [0.15, 0.2) is 29.8 Å². The first-order valence-electron chi connectivity index (χ1n) is 6.59. The standard InChI is InChI=1S/C15H19NO2/c16-14-4-2-1-3-13(14)11-12-5-7-15(8-6-12)17-9-10-18-15/h1-4,11H,5-10,16H2. The molecule has 1 aliphatic carbocycles. The number of hydrogen-bond donors (Lipinski definition) is 1. The lowest BCUT2D eigenvalue weighted by Crippen LogP contribution is -2.33. The Morgan fingerprint density at radius 1 is 1.06 bits per heavy atom. The molecule has 0 atom stereocenters. The van der Waals surface area contributed by atoms with Crippen LogP contribution < -0.4 is 5.73 Å². The third-order valence-electron chi connectivity index (χ3n) is 3.82. The molecule has 0 aromatic heterocycles. The number of benzene rings is 1. The summed E-state index contributed by atoms with van der Waals surface area (Å²) in [6, 6.07) is 8.00. The molecule has 1 heterocycles. The highest BCUT2D eigenvalue weighted by Gasteiger charge is 2.38. The van der Waals surface area contributed by atoms with Gasteiger partial charge in [0.25, 0.3) is 0 Å². The van der Waals surface area contributed by atoms with Crippen molar-refractivity contribution in [2.45, 2.75) is 31.5 Å². The van der Waals surface area contributed by atoms with Gasteiger partial charge in [-0.25, -0.2) is 0 Å². The van der Waals surface area contributed by atoms with Crippen LogP contribution in [0.5, 0.6) is 0 Å². The fourth-order valence-electron chi connectivity index (χ4n) is 2.74. The maximum atomic E-state index is 5.96. The van der Waals surface area contributed by atoms with Gasteiger partial charge in [0.1, 0.15) is 0 Å². The normalized spacial score (nSPS) is 22.3. The monoisotopic (exact) mass is 245 g/mol. The van der Waals surface area contributed by atoms with Crippen molar-refractivity contribution in [3.63, 3.8) is 0 Å². The molecule has 0 radical (unpaired) electrons. The minimum absolute atomic E-state index is 0.278. The first-order chi connectivity index (χ1) is 8.77. The van der Waals surface area contributed by atoms with Gasteiger partial charge in [-0.15, -0.1) is 0 Å². The summed E-state index contributed by atoms with van der Waals surface area (Å²) in [5, 5.41) is 0. The van der Waals surface area contributed by atoms with Crippen molar-refractivity contribution < 1.29 is 9.47 Å². The molecule has 1 aliphatic heterocycles. The van der Waals surface area contributed by atoms with Gasteiger partial charge >= 0.3 is 0 Å². The summed E-state index contributed by atoms with van der Waals surface area (Å²) in [6.07, 6.45) is 6.22. The van der Waals surface area contributed by atoms with Crippen molar-refractivity contribution in [1.82, 2.24) is 0 Å². The zero-order chi connectivity index (χ0) is 12.4. The lowest BCUT2D eigenvalue weighted by atomic mass is 9.88. The summed E-state index contributed by atoms with van der Waals surface area (Å²) in [5.74, 6) is -0.278. The molecule has 3 heteroatoms. The van der Waals surface area contributed by atoms with E-state index in [0.717, 1.165) is 50.1 Å². The molecule has 0 unspecified atom stereocenters. The summed E-state index contributed by atoms with van der Waals surface area (Å²) >= 11 is 0. The fourth-order valence-corrected chi connectivity index (χ4v) is 2.74. The van der Waals surface area contributed by atoms with Crippen molar-refractivity contribution in [1.29, 1.82) is 0 Å². The Labute approximate surface area is 108 Å². The first kappa shape index (κ1) is 11.8. The first-order valence-corrected chi connectivity index (χ1v) is 6.59. The number of para-hydroxylation sites is 1. The zero-order valence-corrected chi connectivity index (χ0v) is 10.5. The van der Waals surface area contributed by atoms with Gasteiger partial charge in [-0.1, -0.05) is 29.8 Å². The molecule has 1 aromatic rings. The van der Waals surface area contributed by atoms with Gasteiger partial charge in [-0.3, -0.25) is 0 Å². The minimum Gasteiger partial charge on any atom is -0.398 e. The minimum atomic E-state index is -0.278. The maximum Gasteiger partial charge on any atom is 0.169 e. The number of anilines is 1. The molecule has 3 rings (SSSR count). The second-order valence-corrected chi connectivity index (χ2v) is 5.04. The van der Waals surface area contributed by atoms with Gasteiger partial charge in [0.15, 0.2) is 5.79 Å². The van der Waals surface area contributed by atoms with E-state index < -0.39 is 0 Å².